The molecule has 0 unspecified atom stereocenters. The third-order valence-electron chi connectivity index (χ3n) is 5.18. The maximum atomic E-state index is 14.5. The Morgan fingerprint density at radius 1 is 0.889 bits per heavy atom. The van der Waals surface area contributed by atoms with Crippen LogP contribution in [-0.2, 0) is 0 Å². The third-order valence-corrected chi connectivity index (χ3v) is 5.18. The molecule has 0 fully saturated rings. The van der Waals surface area contributed by atoms with Crippen molar-refractivity contribution >= 4 is 32.7 Å². The molecule has 0 bridgehead atoms. The van der Waals surface area contributed by atoms with E-state index in [1.807, 2.05) is 48.7 Å². The molecule has 3 aromatic carbocycles. The number of hydrogen-bond acceptors (Lipinski definition) is 2. The normalized spacial score (nSPS) is 11.9. The van der Waals surface area contributed by atoms with Gasteiger partial charge in [0.25, 0.3) is 0 Å². The van der Waals surface area contributed by atoms with E-state index in [-0.39, 0.29) is 5.82 Å². The smallest absolute Gasteiger partial charge is 0.144 e. The van der Waals surface area contributed by atoms with Crippen LogP contribution in [0.25, 0.3) is 44.0 Å². The van der Waals surface area contributed by atoms with Crippen molar-refractivity contribution in [3.8, 4) is 11.3 Å². The van der Waals surface area contributed by atoms with Gasteiger partial charge >= 0.3 is 0 Å². The zero-order valence-electron chi connectivity index (χ0n) is 15.2. The van der Waals surface area contributed by atoms with Crippen molar-refractivity contribution in [1.29, 1.82) is 0 Å². The van der Waals surface area contributed by atoms with Crippen LogP contribution in [0.1, 0.15) is 25.3 Å². The minimum Gasteiger partial charge on any atom is -0.455 e. The molecule has 2 aromatic heterocycles. The summed E-state index contributed by atoms with van der Waals surface area (Å²) in [6.07, 6.45) is 1.83. The highest BCUT2D eigenvalue weighted by molar-refractivity contribution is 6.20. The molecule has 0 aliphatic rings. The zero-order valence-corrected chi connectivity index (χ0v) is 15.2. The van der Waals surface area contributed by atoms with Gasteiger partial charge in [-0.2, -0.15) is 0 Å². The highest BCUT2D eigenvalue weighted by atomic mass is 19.1. The highest BCUT2D eigenvalue weighted by Gasteiger charge is 2.17. The zero-order chi connectivity index (χ0) is 18.5. The van der Waals surface area contributed by atoms with Crippen LogP contribution < -0.4 is 0 Å². The molecule has 5 rings (SSSR count). The molecule has 3 heteroatoms. The average Bonchev–Trinajstić information content (AvgIpc) is 3.06. The van der Waals surface area contributed by atoms with E-state index in [9.17, 15) is 4.39 Å². The van der Waals surface area contributed by atoms with Crippen molar-refractivity contribution in [3.63, 3.8) is 0 Å². The minimum atomic E-state index is -0.265. The maximum Gasteiger partial charge on any atom is 0.144 e. The minimum absolute atomic E-state index is 0.265. The van der Waals surface area contributed by atoms with Crippen molar-refractivity contribution in [2.45, 2.75) is 19.8 Å². The quantitative estimate of drug-likeness (QED) is 0.339. The lowest BCUT2D eigenvalue weighted by atomic mass is 9.99. The topological polar surface area (TPSA) is 26.0 Å². The van der Waals surface area contributed by atoms with Crippen LogP contribution in [-0.4, -0.2) is 4.98 Å². The Labute approximate surface area is 156 Å². The summed E-state index contributed by atoms with van der Waals surface area (Å²) in [6.45, 7) is 4.32. The molecule has 132 valence electrons. The lowest BCUT2D eigenvalue weighted by Gasteiger charge is -2.07. The lowest BCUT2D eigenvalue weighted by molar-refractivity contribution is 0.628. The molecular weight excluding hydrogens is 337 g/mol. The van der Waals surface area contributed by atoms with Gasteiger partial charge in [0.1, 0.15) is 17.0 Å². The van der Waals surface area contributed by atoms with E-state index < -0.39 is 0 Å². The number of benzene rings is 3. The summed E-state index contributed by atoms with van der Waals surface area (Å²) in [5, 5.41) is 3.41. The van der Waals surface area contributed by atoms with Crippen molar-refractivity contribution in [3.05, 3.63) is 78.2 Å². The standard InChI is InChI=1S/C24H18FNO/c1-14(2)15-10-11-26-21(12-15)18-8-5-9-19-23-17-7-4-3-6-16(17)20(25)13-22(23)27-24(18)19/h3-14H,1-2H3. The molecular formula is C24H18FNO. The van der Waals surface area contributed by atoms with Crippen LogP contribution in [0.5, 0.6) is 0 Å². The van der Waals surface area contributed by atoms with Crippen LogP contribution in [0, 0.1) is 5.82 Å². The number of furan rings is 1. The number of para-hydroxylation sites is 1. The number of fused-ring (bicyclic) bond motifs is 5. The Morgan fingerprint density at radius 3 is 2.48 bits per heavy atom. The van der Waals surface area contributed by atoms with E-state index >= 15 is 0 Å². The predicted molar refractivity (Wildman–Crippen MR) is 109 cm³/mol. The van der Waals surface area contributed by atoms with Crippen molar-refractivity contribution in [2.75, 3.05) is 0 Å². The van der Waals surface area contributed by atoms with Gasteiger partial charge in [-0.05, 0) is 35.1 Å². The van der Waals surface area contributed by atoms with Gasteiger partial charge in [-0.1, -0.05) is 50.2 Å². The van der Waals surface area contributed by atoms with Gasteiger partial charge in [0.2, 0.25) is 0 Å². The van der Waals surface area contributed by atoms with E-state index in [1.165, 1.54) is 11.6 Å². The second-order valence-corrected chi connectivity index (χ2v) is 7.19. The first-order valence-corrected chi connectivity index (χ1v) is 9.12. The van der Waals surface area contributed by atoms with E-state index in [2.05, 4.69) is 24.9 Å². The van der Waals surface area contributed by atoms with Crippen LogP contribution in [0.2, 0.25) is 0 Å². The fourth-order valence-electron chi connectivity index (χ4n) is 3.77. The summed E-state index contributed by atoms with van der Waals surface area (Å²) in [5.74, 6) is 0.151. The molecule has 2 heterocycles. The summed E-state index contributed by atoms with van der Waals surface area (Å²) in [5.41, 5.74) is 4.33. The van der Waals surface area contributed by atoms with E-state index in [4.69, 9.17) is 4.42 Å². The lowest BCUT2D eigenvalue weighted by Crippen LogP contribution is -1.90. The third kappa shape index (κ3) is 2.42. The van der Waals surface area contributed by atoms with E-state index in [0.717, 1.165) is 33.0 Å². The molecule has 0 saturated carbocycles. The maximum absolute atomic E-state index is 14.5. The fraction of sp³-hybridized carbons (Fsp3) is 0.125. The molecule has 0 aliphatic heterocycles. The molecule has 27 heavy (non-hydrogen) atoms. The second kappa shape index (κ2) is 5.92. The number of aromatic nitrogens is 1. The predicted octanol–water partition coefficient (Wildman–Crippen LogP) is 7.06. The van der Waals surface area contributed by atoms with Gasteiger partial charge < -0.3 is 4.42 Å². The molecule has 0 N–H and O–H groups in total. The molecule has 5 aromatic rings. The molecule has 0 radical (unpaired) electrons. The van der Waals surface area contributed by atoms with E-state index in [1.54, 1.807) is 6.07 Å². The van der Waals surface area contributed by atoms with Gasteiger partial charge in [-0.25, -0.2) is 4.39 Å². The summed E-state index contributed by atoms with van der Waals surface area (Å²) in [6, 6.07) is 19.2. The van der Waals surface area contributed by atoms with Crippen LogP contribution in [0.15, 0.2) is 71.3 Å². The largest absolute Gasteiger partial charge is 0.455 e. The second-order valence-electron chi connectivity index (χ2n) is 7.19. The average molecular weight is 355 g/mol. The SMILES string of the molecule is CC(C)c1ccnc(-c2cccc3c2oc2cc(F)c4ccccc4c23)c1. The molecule has 2 nitrogen and oxygen atoms in total. The number of halogens is 1. The van der Waals surface area contributed by atoms with Gasteiger partial charge in [-0.15, -0.1) is 0 Å². The Hall–Kier alpha value is -3.20. The van der Waals surface area contributed by atoms with Gasteiger partial charge in [0.05, 0.1) is 5.69 Å². The van der Waals surface area contributed by atoms with Crippen molar-refractivity contribution in [2.24, 2.45) is 0 Å². The highest BCUT2D eigenvalue weighted by Crippen LogP contribution is 2.39. The van der Waals surface area contributed by atoms with Gasteiger partial charge in [0, 0.05) is 34.0 Å². The van der Waals surface area contributed by atoms with E-state index in [0.29, 0.717) is 16.9 Å². The number of pyridine rings is 1. The number of hydrogen-bond donors (Lipinski definition) is 0. The van der Waals surface area contributed by atoms with Crippen molar-refractivity contribution < 1.29 is 8.81 Å². The Kier molecular flexibility index (Phi) is 3.51. The van der Waals surface area contributed by atoms with Crippen LogP contribution in [0.3, 0.4) is 0 Å². The summed E-state index contributed by atoms with van der Waals surface area (Å²) < 4.78 is 20.7. The molecule has 0 amide bonds. The summed E-state index contributed by atoms with van der Waals surface area (Å²) in [7, 11) is 0. The van der Waals surface area contributed by atoms with Crippen molar-refractivity contribution in [1.82, 2.24) is 4.98 Å². The van der Waals surface area contributed by atoms with Gasteiger partial charge in [0.15, 0.2) is 0 Å². The Morgan fingerprint density at radius 2 is 1.67 bits per heavy atom. The Bertz CT molecular complexity index is 1320. The van der Waals surface area contributed by atoms with Gasteiger partial charge in [-0.3, -0.25) is 4.98 Å². The Balaban J connectivity index is 1.87. The van der Waals surface area contributed by atoms with Crippen LogP contribution in [0.4, 0.5) is 4.39 Å². The molecule has 0 atom stereocenters. The first-order valence-electron chi connectivity index (χ1n) is 9.12. The molecule has 0 saturated heterocycles. The first-order chi connectivity index (χ1) is 13.1. The fourth-order valence-corrected chi connectivity index (χ4v) is 3.77. The summed E-state index contributed by atoms with van der Waals surface area (Å²) >= 11 is 0. The van der Waals surface area contributed by atoms with Crippen LogP contribution >= 0.6 is 0 Å². The monoisotopic (exact) mass is 355 g/mol. The number of rotatable bonds is 2. The number of nitrogens with zero attached hydrogens (tertiary/aromatic N) is 1. The summed E-state index contributed by atoms with van der Waals surface area (Å²) in [4.78, 5) is 4.56. The first kappa shape index (κ1) is 16.0. The molecule has 0 aliphatic carbocycles. The molecule has 0 spiro atoms.